The third-order valence-corrected chi connectivity index (χ3v) is 4.87. The van der Waals surface area contributed by atoms with Crippen molar-refractivity contribution >= 4 is 71.0 Å². The summed E-state index contributed by atoms with van der Waals surface area (Å²) in [4.78, 5) is 15.7. The van der Waals surface area contributed by atoms with Gasteiger partial charge in [-0.3, -0.25) is 4.98 Å². The molecule has 0 fully saturated rings. The molecular weight excluding hydrogens is 491 g/mol. The fraction of sp³-hybridized carbons (Fsp3) is 0.0769. The van der Waals surface area contributed by atoms with Crippen molar-refractivity contribution in [3.05, 3.63) is 54.6 Å². The number of anilines is 1. The Morgan fingerprint density at radius 3 is 2.52 bits per heavy atom. The Labute approximate surface area is 151 Å². The van der Waals surface area contributed by atoms with Crippen LogP contribution in [0.4, 0.5) is 5.69 Å². The lowest BCUT2D eigenvalue weighted by Crippen LogP contribution is -2.22. The predicted molar refractivity (Wildman–Crippen MR) is 92.8 cm³/mol. The lowest BCUT2D eigenvalue weighted by atomic mass is 10.1. The van der Waals surface area contributed by atoms with E-state index >= 15 is 0 Å². The molecule has 2 N–H and O–H groups in total. The molecule has 2 aromatic rings. The number of nitrogens with zero attached hydrogens (tertiary/aromatic N) is 1. The highest BCUT2D eigenvalue weighted by atomic mass is 79.9. The highest BCUT2D eigenvalue weighted by molar-refractivity contribution is 9.11. The first-order valence-electron chi connectivity index (χ1n) is 5.64. The van der Waals surface area contributed by atoms with Crippen LogP contribution in [0, 0.1) is 0 Å². The van der Waals surface area contributed by atoms with E-state index < -0.39 is 12.0 Å². The Bertz CT molecular complexity index is 697. The van der Waals surface area contributed by atoms with E-state index in [4.69, 9.17) is 11.6 Å². The summed E-state index contributed by atoms with van der Waals surface area (Å²) in [6.45, 7) is 0. The summed E-state index contributed by atoms with van der Waals surface area (Å²) in [7, 11) is 0. The van der Waals surface area contributed by atoms with Crippen molar-refractivity contribution in [2.45, 2.75) is 6.04 Å². The predicted octanol–water partition coefficient (Wildman–Crippen LogP) is 5.26. The van der Waals surface area contributed by atoms with E-state index in [1.54, 1.807) is 30.5 Å². The van der Waals surface area contributed by atoms with E-state index in [1.807, 2.05) is 0 Å². The van der Waals surface area contributed by atoms with E-state index in [9.17, 15) is 9.90 Å². The molecule has 1 atom stereocenters. The number of halogens is 4. The lowest BCUT2D eigenvalue weighted by molar-refractivity contribution is -0.138. The van der Waals surface area contributed by atoms with Crippen molar-refractivity contribution < 1.29 is 9.90 Å². The zero-order chi connectivity index (χ0) is 15.6. The molecule has 1 heterocycles. The Hall–Kier alpha value is -0.630. The first-order valence-corrected chi connectivity index (χ1v) is 8.39. The molecule has 0 amide bonds. The molecule has 0 saturated heterocycles. The van der Waals surface area contributed by atoms with Gasteiger partial charge in [-0.2, -0.15) is 0 Å². The molecule has 0 aliphatic rings. The maximum Gasteiger partial charge on any atom is 0.332 e. The summed E-state index contributed by atoms with van der Waals surface area (Å²) in [6.07, 6.45) is 1.55. The molecule has 21 heavy (non-hydrogen) atoms. The number of nitrogens with one attached hydrogen (secondary N) is 1. The lowest BCUT2D eigenvalue weighted by Gasteiger charge is -2.17. The van der Waals surface area contributed by atoms with Gasteiger partial charge in [0.25, 0.3) is 0 Å². The first-order chi connectivity index (χ1) is 9.88. The molecule has 0 spiro atoms. The van der Waals surface area contributed by atoms with E-state index in [1.165, 1.54) is 0 Å². The van der Waals surface area contributed by atoms with Crippen LogP contribution in [-0.4, -0.2) is 16.1 Å². The number of rotatable bonds is 4. The number of pyridine rings is 1. The van der Waals surface area contributed by atoms with E-state index in [-0.39, 0.29) is 0 Å². The summed E-state index contributed by atoms with van der Waals surface area (Å²) in [5.41, 5.74) is 1.01. The fourth-order valence-corrected chi connectivity index (χ4v) is 3.35. The second-order valence-corrected chi connectivity index (χ2v) is 7.10. The van der Waals surface area contributed by atoms with Crippen LogP contribution in [0.5, 0.6) is 0 Å². The number of carbonyl (C=O) groups is 1. The summed E-state index contributed by atoms with van der Waals surface area (Å²) < 4.78 is 2.04. The molecule has 2 rings (SSSR count). The fourth-order valence-electron chi connectivity index (χ4n) is 1.64. The third-order valence-electron chi connectivity index (χ3n) is 2.59. The monoisotopic (exact) mass is 496 g/mol. The first kappa shape index (κ1) is 16.7. The third kappa shape index (κ3) is 4.18. The molecule has 0 radical (unpaired) electrons. The smallest absolute Gasteiger partial charge is 0.332 e. The van der Waals surface area contributed by atoms with Crippen LogP contribution in [0.1, 0.15) is 11.7 Å². The molecular formula is C13H8Br3ClN2O2. The molecule has 4 nitrogen and oxygen atoms in total. The Kier molecular flexibility index (Phi) is 5.65. The van der Waals surface area contributed by atoms with E-state index in [2.05, 4.69) is 58.1 Å². The van der Waals surface area contributed by atoms with Crippen LogP contribution in [-0.2, 0) is 4.79 Å². The minimum Gasteiger partial charge on any atom is -0.479 e. The van der Waals surface area contributed by atoms with Crippen LogP contribution >= 0.6 is 59.4 Å². The number of hydrogen-bond donors (Lipinski definition) is 2. The minimum absolute atomic E-state index is 0.386. The van der Waals surface area contributed by atoms with Gasteiger partial charge in [0.2, 0.25) is 0 Å². The second kappa shape index (κ2) is 7.09. The van der Waals surface area contributed by atoms with Crippen LogP contribution in [0.2, 0.25) is 5.02 Å². The van der Waals surface area contributed by atoms with Crippen molar-refractivity contribution in [2.75, 3.05) is 5.32 Å². The van der Waals surface area contributed by atoms with Gasteiger partial charge in [-0.1, -0.05) is 11.6 Å². The minimum atomic E-state index is -1.03. The van der Waals surface area contributed by atoms with Crippen LogP contribution in [0.3, 0.4) is 0 Å². The van der Waals surface area contributed by atoms with E-state index in [0.717, 1.165) is 4.47 Å². The number of benzene rings is 1. The number of carboxylic acid groups (broad SMARTS) is 1. The van der Waals surface area contributed by atoms with Gasteiger partial charge < -0.3 is 10.4 Å². The normalized spacial score (nSPS) is 12.0. The van der Waals surface area contributed by atoms with Gasteiger partial charge >= 0.3 is 5.97 Å². The molecule has 0 bridgehead atoms. The van der Waals surface area contributed by atoms with Gasteiger partial charge in [-0.25, -0.2) is 4.79 Å². The molecule has 8 heteroatoms. The summed E-state index contributed by atoms with van der Waals surface area (Å²) >= 11 is 15.8. The van der Waals surface area contributed by atoms with Gasteiger partial charge in [0.15, 0.2) is 6.04 Å². The van der Waals surface area contributed by atoms with Crippen LogP contribution in [0.25, 0.3) is 0 Å². The standard InChI is InChI=1S/C13H8Br3ClN2O2/c14-6-3-9(16)11(18-5-6)12(13(20)21)19-7-1-2-10(17)8(15)4-7/h1-5,12,19H,(H,20,21). The Balaban J connectivity index is 2.35. The van der Waals surface area contributed by atoms with Crippen molar-refractivity contribution in [1.82, 2.24) is 4.98 Å². The maximum absolute atomic E-state index is 11.5. The van der Waals surface area contributed by atoms with Crippen molar-refractivity contribution in [3.8, 4) is 0 Å². The molecule has 1 aromatic carbocycles. The molecule has 1 unspecified atom stereocenters. The van der Waals surface area contributed by atoms with Crippen molar-refractivity contribution in [1.29, 1.82) is 0 Å². The number of aromatic nitrogens is 1. The van der Waals surface area contributed by atoms with Crippen LogP contribution in [0.15, 0.2) is 43.9 Å². The average Bonchev–Trinajstić information content (AvgIpc) is 2.40. The highest BCUT2D eigenvalue weighted by Gasteiger charge is 2.24. The number of carboxylic acids is 1. The van der Waals surface area contributed by atoms with Gasteiger partial charge in [-0.05, 0) is 72.1 Å². The molecule has 110 valence electrons. The molecule has 0 aliphatic heterocycles. The summed E-state index contributed by atoms with van der Waals surface area (Å²) in [5.74, 6) is -1.03. The second-order valence-electron chi connectivity index (χ2n) is 4.07. The zero-order valence-corrected chi connectivity index (χ0v) is 15.8. The quantitative estimate of drug-likeness (QED) is 0.603. The maximum atomic E-state index is 11.5. The average molecular weight is 499 g/mol. The Morgan fingerprint density at radius 2 is 1.95 bits per heavy atom. The van der Waals surface area contributed by atoms with E-state index in [0.29, 0.717) is 25.3 Å². The number of aliphatic carboxylic acids is 1. The summed E-state index contributed by atoms with van der Waals surface area (Å²) in [5, 5.41) is 12.9. The largest absolute Gasteiger partial charge is 0.479 e. The highest BCUT2D eigenvalue weighted by Crippen LogP contribution is 2.30. The summed E-state index contributed by atoms with van der Waals surface area (Å²) in [6, 6.07) is 5.86. The number of hydrogen-bond acceptors (Lipinski definition) is 3. The van der Waals surface area contributed by atoms with Gasteiger partial charge in [0.1, 0.15) is 0 Å². The molecule has 0 aliphatic carbocycles. The zero-order valence-electron chi connectivity index (χ0n) is 10.3. The molecule has 1 aromatic heterocycles. The van der Waals surface area contributed by atoms with Gasteiger partial charge in [-0.15, -0.1) is 0 Å². The SMILES string of the molecule is O=C(O)C(Nc1ccc(Cl)c(Br)c1)c1ncc(Br)cc1Br. The van der Waals surface area contributed by atoms with Crippen LogP contribution < -0.4 is 5.32 Å². The topological polar surface area (TPSA) is 62.2 Å². The van der Waals surface area contributed by atoms with Crippen molar-refractivity contribution in [3.63, 3.8) is 0 Å². The van der Waals surface area contributed by atoms with Crippen molar-refractivity contribution in [2.24, 2.45) is 0 Å². The molecule has 0 saturated carbocycles. The Morgan fingerprint density at radius 1 is 1.24 bits per heavy atom. The van der Waals surface area contributed by atoms with Gasteiger partial charge in [0.05, 0.1) is 10.7 Å². The van der Waals surface area contributed by atoms with Gasteiger partial charge in [0, 0.05) is 25.3 Å².